The van der Waals surface area contributed by atoms with E-state index in [9.17, 15) is 18.3 Å². The van der Waals surface area contributed by atoms with E-state index in [0.717, 1.165) is 57.6 Å². The van der Waals surface area contributed by atoms with Gasteiger partial charge in [-0.1, -0.05) is 141 Å². The number of ether oxygens (including phenoxy) is 2. The standard InChI is InChI=1S/C50H57N3O6S/c1-4-29-53(44-15-8-9-16-44)33-47-36(3)48(41-21-19-38(34-54)20-22-41)59-50(58-47)42-25-23-40(24-26-42)43-14-10-13-39(30-43)32-51-49(55)46(31-37-11-6-5-7-12-37)52-60(56,57)45-27-17-35(2)18-28-45/h4-7,10-14,17-28,30,36,44,46-48,50,52,54H,1,8-9,15-16,29,31-34H2,2-3H3,(H,51,55). The molecule has 2 fully saturated rings. The van der Waals surface area contributed by atoms with Crippen molar-refractivity contribution in [3.63, 3.8) is 0 Å². The lowest BCUT2D eigenvalue weighted by molar-refractivity contribution is -0.276. The molecule has 1 aliphatic heterocycles. The zero-order valence-electron chi connectivity index (χ0n) is 34.6. The highest BCUT2D eigenvalue weighted by molar-refractivity contribution is 7.89. The molecular formula is C50H57N3O6S. The zero-order chi connectivity index (χ0) is 42.1. The summed E-state index contributed by atoms with van der Waals surface area (Å²) in [5.74, 6) is -0.331. The number of aliphatic hydroxyl groups excluding tert-OH is 1. The SMILES string of the molecule is C=CCN(CC1OC(c2ccc(-c3cccc(CNC(=O)C(Cc4ccccc4)NS(=O)(=O)c4ccc(C)cc4)c3)cc2)OC(c2ccc(CO)cc2)C1C)C1CCCC1. The van der Waals surface area contributed by atoms with Gasteiger partial charge in [-0.05, 0) is 77.8 Å². The number of amides is 1. The fourth-order valence-corrected chi connectivity index (χ4v) is 9.58. The van der Waals surface area contributed by atoms with E-state index >= 15 is 0 Å². The molecule has 1 amide bonds. The predicted molar refractivity (Wildman–Crippen MR) is 236 cm³/mol. The number of rotatable bonds is 17. The molecule has 314 valence electrons. The molecule has 3 N–H and O–H groups in total. The van der Waals surface area contributed by atoms with E-state index in [0.29, 0.717) is 6.04 Å². The average molecular weight is 828 g/mol. The van der Waals surface area contributed by atoms with Crippen LogP contribution in [0.15, 0.2) is 145 Å². The van der Waals surface area contributed by atoms with E-state index < -0.39 is 28.3 Å². The lowest BCUT2D eigenvalue weighted by Gasteiger charge is -2.43. The predicted octanol–water partition coefficient (Wildman–Crippen LogP) is 8.58. The lowest BCUT2D eigenvalue weighted by atomic mass is 9.89. The minimum Gasteiger partial charge on any atom is -0.392 e. The summed E-state index contributed by atoms with van der Waals surface area (Å²) >= 11 is 0. The summed E-state index contributed by atoms with van der Waals surface area (Å²) in [6.07, 6.45) is 6.23. The van der Waals surface area contributed by atoms with Gasteiger partial charge in [0.05, 0.1) is 23.7 Å². The molecule has 9 nitrogen and oxygen atoms in total. The summed E-state index contributed by atoms with van der Waals surface area (Å²) in [5, 5.41) is 12.7. The third-order valence-electron chi connectivity index (χ3n) is 11.9. The Balaban J connectivity index is 1.06. The van der Waals surface area contributed by atoms with Gasteiger partial charge in [0.2, 0.25) is 15.9 Å². The first-order valence-electron chi connectivity index (χ1n) is 21.1. The molecule has 5 aromatic carbocycles. The number of nitrogens with zero attached hydrogens (tertiary/aromatic N) is 1. The molecule has 1 aliphatic carbocycles. The van der Waals surface area contributed by atoms with Gasteiger partial charge in [0.1, 0.15) is 6.04 Å². The normalized spacial score (nSPS) is 20.2. The first-order chi connectivity index (χ1) is 29.1. The Morgan fingerprint density at radius 2 is 1.52 bits per heavy atom. The van der Waals surface area contributed by atoms with Crippen LogP contribution in [0.25, 0.3) is 11.1 Å². The first-order valence-corrected chi connectivity index (χ1v) is 22.5. The molecule has 0 spiro atoms. The van der Waals surface area contributed by atoms with Crippen LogP contribution in [-0.2, 0) is 43.9 Å². The maximum atomic E-state index is 13.7. The van der Waals surface area contributed by atoms with Crippen molar-refractivity contribution in [2.45, 2.75) is 94.6 Å². The fourth-order valence-electron chi connectivity index (χ4n) is 8.38. The number of nitrogens with one attached hydrogen (secondary N) is 2. The van der Waals surface area contributed by atoms with Gasteiger partial charge in [-0.25, -0.2) is 8.42 Å². The molecule has 5 aromatic rings. The number of carbonyl (C=O) groups excluding carboxylic acids is 1. The van der Waals surface area contributed by atoms with Gasteiger partial charge in [-0.3, -0.25) is 9.69 Å². The molecule has 1 saturated carbocycles. The van der Waals surface area contributed by atoms with E-state index in [1.807, 2.05) is 79.7 Å². The van der Waals surface area contributed by atoms with Crippen molar-refractivity contribution in [2.24, 2.45) is 5.92 Å². The third kappa shape index (κ3) is 10.9. The Labute approximate surface area is 355 Å². The summed E-state index contributed by atoms with van der Waals surface area (Å²) in [6, 6.07) is 39.7. The van der Waals surface area contributed by atoms with Crippen molar-refractivity contribution in [3.8, 4) is 11.1 Å². The van der Waals surface area contributed by atoms with Crippen LogP contribution in [0.2, 0.25) is 0 Å². The number of carbonyl (C=O) groups is 1. The maximum absolute atomic E-state index is 13.7. The van der Waals surface area contributed by atoms with Gasteiger partial charge in [0.25, 0.3) is 0 Å². The first kappa shape index (κ1) is 43.2. The Hall–Kier alpha value is -4.94. The Morgan fingerprint density at radius 1 is 0.833 bits per heavy atom. The molecule has 1 saturated heterocycles. The summed E-state index contributed by atoms with van der Waals surface area (Å²) < 4.78 is 43.0. The second kappa shape index (κ2) is 20.1. The van der Waals surface area contributed by atoms with Crippen LogP contribution >= 0.6 is 0 Å². The highest BCUT2D eigenvalue weighted by Gasteiger charge is 2.40. The molecule has 60 heavy (non-hydrogen) atoms. The maximum Gasteiger partial charge on any atom is 0.241 e. The average Bonchev–Trinajstić information content (AvgIpc) is 3.82. The van der Waals surface area contributed by atoms with Crippen molar-refractivity contribution in [1.29, 1.82) is 0 Å². The van der Waals surface area contributed by atoms with Crippen LogP contribution in [0.1, 0.15) is 78.4 Å². The number of hydrogen-bond donors (Lipinski definition) is 3. The van der Waals surface area contributed by atoms with Crippen molar-refractivity contribution in [2.75, 3.05) is 13.1 Å². The molecule has 0 aromatic heterocycles. The molecule has 2 aliphatic rings. The largest absolute Gasteiger partial charge is 0.392 e. The van der Waals surface area contributed by atoms with E-state index in [1.165, 1.54) is 25.7 Å². The number of aryl methyl sites for hydroxylation is 1. The second-order valence-corrected chi connectivity index (χ2v) is 17.9. The second-order valence-electron chi connectivity index (χ2n) is 16.2. The minimum absolute atomic E-state index is 0.00831. The molecule has 5 atom stereocenters. The number of hydrogen-bond acceptors (Lipinski definition) is 7. The van der Waals surface area contributed by atoms with Crippen molar-refractivity contribution < 1.29 is 27.8 Å². The summed E-state index contributed by atoms with van der Waals surface area (Å²) in [6.45, 7) is 9.97. The van der Waals surface area contributed by atoms with E-state index in [4.69, 9.17) is 9.47 Å². The van der Waals surface area contributed by atoms with Crippen molar-refractivity contribution in [1.82, 2.24) is 14.9 Å². The molecule has 10 heteroatoms. The topological polar surface area (TPSA) is 117 Å². The van der Waals surface area contributed by atoms with Gasteiger partial charge in [-0.15, -0.1) is 6.58 Å². The summed E-state index contributed by atoms with van der Waals surface area (Å²) in [4.78, 5) is 16.3. The third-order valence-corrected chi connectivity index (χ3v) is 13.4. The van der Waals surface area contributed by atoms with E-state index in [1.54, 1.807) is 24.3 Å². The zero-order valence-corrected chi connectivity index (χ0v) is 35.4. The Bertz CT molecular complexity index is 2280. The van der Waals surface area contributed by atoms with Gasteiger partial charge in [0.15, 0.2) is 6.29 Å². The van der Waals surface area contributed by atoms with Crippen LogP contribution in [0.5, 0.6) is 0 Å². The molecule has 1 heterocycles. The fraction of sp³-hybridized carbons (Fsp3) is 0.340. The quantitative estimate of drug-likeness (QED) is 0.0805. The van der Waals surface area contributed by atoms with Crippen molar-refractivity contribution in [3.05, 3.63) is 173 Å². The Kier molecular flexibility index (Phi) is 14.4. The molecule has 5 unspecified atom stereocenters. The molecule has 7 rings (SSSR count). The van der Waals surface area contributed by atoms with Crippen LogP contribution in [-0.4, -0.2) is 55.6 Å². The van der Waals surface area contributed by atoms with Crippen LogP contribution < -0.4 is 10.0 Å². The van der Waals surface area contributed by atoms with Gasteiger partial charge >= 0.3 is 0 Å². The van der Waals surface area contributed by atoms with Crippen molar-refractivity contribution >= 4 is 15.9 Å². The summed E-state index contributed by atoms with van der Waals surface area (Å²) in [5.41, 5.74) is 7.48. The molecular weight excluding hydrogens is 771 g/mol. The number of benzene rings is 5. The Morgan fingerprint density at radius 3 is 2.20 bits per heavy atom. The lowest BCUT2D eigenvalue weighted by Crippen LogP contribution is -2.47. The highest BCUT2D eigenvalue weighted by atomic mass is 32.2. The molecule has 0 radical (unpaired) electrons. The number of sulfonamides is 1. The number of aliphatic hydroxyl groups is 1. The minimum atomic E-state index is -3.96. The van der Waals surface area contributed by atoms with Gasteiger partial charge in [0, 0.05) is 37.2 Å². The van der Waals surface area contributed by atoms with E-state index in [2.05, 4.69) is 64.8 Å². The van der Waals surface area contributed by atoms with Crippen LogP contribution in [0, 0.1) is 12.8 Å². The van der Waals surface area contributed by atoms with Gasteiger partial charge in [-0.2, -0.15) is 4.72 Å². The van der Waals surface area contributed by atoms with Gasteiger partial charge < -0.3 is 19.9 Å². The summed E-state index contributed by atoms with van der Waals surface area (Å²) in [7, 11) is -3.96. The smallest absolute Gasteiger partial charge is 0.241 e. The molecule has 0 bridgehead atoms. The van der Waals surface area contributed by atoms with Crippen LogP contribution in [0.4, 0.5) is 0 Å². The highest BCUT2D eigenvalue weighted by Crippen LogP contribution is 2.42. The van der Waals surface area contributed by atoms with E-state index in [-0.39, 0.29) is 42.6 Å². The van der Waals surface area contributed by atoms with Crippen LogP contribution in [0.3, 0.4) is 0 Å². The monoisotopic (exact) mass is 827 g/mol.